The van der Waals surface area contributed by atoms with Crippen molar-refractivity contribution in [3.8, 4) is 0 Å². The summed E-state index contributed by atoms with van der Waals surface area (Å²) in [6, 6.07) is 26.2. The molecule has 0 heterocycles. The average molecular weight is 350 g/mol. The largest absolute Gasteiger partial charge is 0.370 e. The summed E-state index contributed by atoms with van der Waals surface area (Å²) in [5.41, 5.74) is 7.34. The zero-order valence-electron chi connectivity index (χ0n) is 14.1. The van der Waals surface area contributed by atoms with E-state index >= 15 is 0 Å². The van der Waals surface area contributed by atoms with Crippen molar-refractivity contribution in [3.05, 3.63) is 95.0 Å². The van der Waals surface area contributed by atoms with Gasteiger partial charge in [-0.2, -0.15) is 5.10 Å². The van der Waals surface area contributed by atoms with Gasteiger partial charge in [-0.3, -0.25) is 5.43 Å². The Kier molecular flexibility index (Phi) is 5.70. The summed E-state index contributed by atoms with van der Waals surface area (Å²) < 4.78 is 0. The molecule has 0 aliphatic carbocycles. The van der Waals surface area contributed by atoms with Crippen molar-refractivity contribution in [1.82, 2.24) is 0 Å². The lowest BCUT2D eigenvalue weighted by Crippen LogP contribution is -2.16. The summed E-state index contributed by atoms with van der Waals surface area (Å²) in [5.74, 6) is 0. The molecule has 0 aliphatic rings. The topological polar surface area (TPSA) is 27.6 Å². The van der Waals surface area contributed by atoms with Crippen molar-refractivity contribution in [3.63, 3.8) is 0 Å². The minimum absolute atomic E-state index is 0.686. The van der Waals surface area contributed by atoms with E-state index in [0.717, 1.165) is 17.8 Å². The fourth-order valence-corrected chi connectivity index (χ4v) is 2.69. The molecule has 0 fully saturated rings. The average Bonchev–Trinajstić information content (AvgIpc) is 2.63. The van der Waals surface area contributed by atoms with E-state index in [0.29, 0.717) is 5.02 Å². The second-order valence-electron chi connectivity index (χ2n) is 5.81. The van der Waals surface area contributed by atoms with Gasteiger partial charge in [-0.1, -0.05) is 60.1 Å². The Labute approximate surface area is 153 Å². The summed E-state index contributed by atoms with van der Waals surface area (Å²) in [4.78, 5) is 2.22. The Balaban J connectivity index is 1.59. The van der Waals surface area contributed by atoms with E-state index in [4.69, 9.17) is 11.6 Å². The number of hydrazone groups is 1. The van der Waals surface area contributed by atoms with Crippen LogP contribution in [-0.4, -0.2) is 13.3 Å². The molecule has 4 heteroatoms. The van der Waals surface area contributed by atoms with E-state index < -0.39 is 0 Å². The smallest absolute Gasteiger partial charge is 0.0576 e. The molecule has 0 aliphatic heterocycles. The summed E-state index contributed by atoms with van der Waals surface area (Å²) in [5, 5.41) is 4.93. The van der Waals surface area contributed by atoms with E-state index in [1.165, 1.54) is 11.3 Å². The second kappa shape index (κ2) is 8.36. The molecule has 0 saturated carbocycles. The predicted molar refractivity (Wildman–Crippen MR) is 108 cm³/mol. The number of halogens is 1. The third-order valence-electron chi connectivity index (χ3n) is 3.83. The molecule has 0 aromatic heterocycles. The van der Waals surface area contributed by atoms with Crippen molar-refractivity contribution in [2.45, 2.75) is 6.54 Å². The molecule has 0 spiro atoms. The van der Waals surface area contributed by atoms with Crippen LogP contribution < -0.4 is 10.3 Å². The molecular formula is C21H20ClN3. The molecule has 126 valence electrons. The van der Waals surface area contributed by atoms with Gasteiger partial charge in [0.25, 0.3) is 0 Å². The highest BCUT2D eigenvalue weighted by molar-refractivity contribution is 6.30. The van der Waals surface area contributed by atoms with Gasteiger partial charge in [0.05, 0.1) is 11.9 Å². The maximum absolute atomic E-state index is 5.95. The number of benzene rings is 3. The summed E-state index contributed by atoms with van der Waals surface area (Å²) >= 11 is 5.95. The fraction of sp³-hybridized carbons (Fsp3) is 0.0952. The number of nitrogens with one attached hydrogen (secondary N) is 1. The molecule has 0 saturated heterocycles. The Bertz CT molecular complexity index is 829. The monoisotopic (exact) mass is 349 g/mol. The van der Waals surface area contributed by atoms with Crippen LogP contribution in [-0.2, 0) is 6.54 Å². The quantitative estimate of drug-likeness (QED) is 0.475. The maximum atomic E-state index is 5.95. The van der Waals surface area contributed by atoms with Crippen molar-refractivity contribution < 1.29 is 0 Å². The first-order valence-corrected chi connectivity index (χ1v) is 8.48. The Morgan fingerprint density at radius 3 is 2.44 bits per heavy atom. The van der Waals surface area contributed by atoms with E-state index in [1.807, 2.05) is 30.3 Å². The third kappa shape index (κ3) is 5.10. The van der Waals surface area contributed by atoms with Gasteiger partial charge in [0.1, 0.15) is 0 Å². The molecule has 3 rings (SSSR count). The van der Waals surface area contributed by atoms with Crippen LogP contribution in [0.25, 0.3) is 0 Å². The van der Waals surface area contributed by atoms with Gasteiger partial charge >= 0.3 is 0 Å². The predicted octanol–water partition coefficient (Wildman–Crippen LogP) is 5.42. The van der Waals surface area contributed by atoms with E-state index in [2.05, 4.69) is 71.0 Å². The van der Waals surface area contributed by atoms with Crippen LogP contribution in [0.4, 0.5) is 11.4 Å². The minimum Gasteiger partial charge on any atom is -0.370 e. The highest BCUT2D eigenvalue weighted by Gasteiger charge is 2.01. The Morgan fingerprint density at radius 2 is 1.72 bits per heavy atom. The number of nitrogens with zero attached hydrogens (tertiary/aromatic N) is 2. The number of hydrogen-bond acceptors (Lipinski definition) is 3. The number of anilines is 2. The van der Waals surface area contributed by atoms with Gasteiger partial charge in [-0.15, -0.1) is 0 Å². The highest BCUT2D eigenvalue weighted by Crippen LogP contribution is 2.17. The van der Waals surface area contributed by atoms with Crippen LogP contribution in [0.15, 0.2) is 84.0 Å². The second-order valence-corrected chi connectivity index (χ2v) is 6.25. The van der Waals surface area contributed by atoms with Crippen LogP contribution in [0.1, 0.15) is 11.1 Å². The van der Waals surface area contributed by atoms with E-state index in [9.17, 15) is 0 Å². The first-order chi connectivity index (χ1) is 12.2. The van der Waals surface area contributed by atoms with Gasteiger partial charge in [-0.25, -0.2) is 0 Å². The number of rotatable bonds is 6. The highest BCUT2D eigenvalue weighted by atomic mass is 35.5. The van der Waals surface area contributed by atoms with Gasteiger partial charge in [0.2, 0.25) is 0 Å². The van der Waals surface area contributed by atoms with Crippen LogP contribution in [0.2, 0.25) is 5.02 Å². The lowest BCUT2D eigenvalue weighted by molar-refractivity contribution is 0.923. The summed E-state index contributed by atoms with van der Waals surface area (Å²) in [6.45, 7) is 0.880. The van der Waals surface area contributed by atoms with Crippen molar-refractivity contribution in [2.75, 3.05) is 17.4 Å². The standard InChI is InChI=1S/C21H20ClN3/c1-25(16-18-6-3-2-4-7-18)21-12-10-17(11-13-21)15-23-24-20-9-5-8-19(22)14-20/h2-15,24H,16H2,1H3. The number of hydrogen-bond donors (Lipinski definition) is 1. The summed E-state index contributed by atoms with van der Waals surface area (Å²) in [6.07, 6.45) is 1.79. The van der Waals surface area contributed by atoms with Gasteiger partial charge in [0.15, 0.2) is 0 Å². The third-order valence-corrected chi connectivity index (χ3v) is 4.06. The molecule has 0 bridgehead atoms. The van der Waals surface area contributed by atoms with Crippen LogP contribution in [0.5, 0.6) is 0 Å². The van der Waals surface area contributed by atoms with Gasteiger partial charge in [0, 0.05) is 24.3 Å². The molecule has 3 nitrogen and oxygen atoms in total. The maximum Gasteiger partial charge on any atom is 0.0576 e. The molecule has 0 unspecified atom stereocenters. The molecule has 0 atom stereocenters. The van der Waals surface area contributed by atoms with Crippen molar-refractivity contribution in [1.29, 1.82) is 0 Å². The first kappa shape index (κ1) is 17.1. The zero-order chi connectivity index (χ0) is 17.5. The molecule has 25 heavy (non-hydrogen) atoms. The van der Waals surface area contributed by atoms with E-state index in [1.54, 1.807) is 6.21 Å². The van der Waals surface area contributed by atoms with E-state index in [-0.39, 0.29) is 0 Å². The Morgan fingerprint density at radius 1 is 0.960 bits per heavy atom. The SMILES string of the molecule is CN(Cc1ccccc1)c1ccc(C=NNc2cccc(Cl)c2)cc1. The van der Waals surface area contributed by atoms with Crippen molar-refractivity contribution in [2.24, 2.45) is 5.10 Å². The molecular weight excluding hydrogens is 330 g/mol. The first-order valence-electron chi connectivity index (χ1n) is 8.10. The molecule has 0 amide bonds. The lowest BCUT2D eigenvalue weighted by atomic mass is 10.2. The minimum atomic E-state index is 0.686. The van der Waals surface area contributed by atoms with Crippen molar-refractivity contribution >= 4 is 29.2 Å². The summed E-state index contributed by atoms with van der Waals surface area (Å²) in [7, 11) is 2.09. The fourth-order valence-electron chi connectivity index (χ4n) is 2.50. The molecule has 3 aromatic rings. The van der Waals surface area contributed by atoms with Gasteiger partial charge < -0.3 is 4.90 Å². The molecule has 0 radical (unpaired) electrons. The van der Waals surface area contributed by atoms with Crippen LogP contribution in [0.3, 0.4) is 0 Å². The Hall–Kier alpha value is -2.78. The molecule has 3 aromatic carbocycles. The van der Waals surface area contributed by atoms with Crippen LogP contribution in [0, 0.1) is 0 Å². The van der Waals surface area contributed by atoms with Gasteiger partial charge in [-0.05, 0) is 41.5 Å². The zero-order valence-corrected chi connectivity index (χ0v) is 14.8. The van der Waals surface area contributed by atoms with Crippen LogP contribution >= 0.6 is 11.6 Å². The normalized spacial score (nSPS) is 10.8. The molecule has 1 N–H and O–H groups in total. The lowest BCUT2D eigenvalue weighted by Gasteiger charge is -2.19.